The number of hydrogen-bond donors (Lipinski definition) is 0. The van der Waals surface area contributed by atoms with Gasteiger partial charge >= 0.3 is 0 Å². The van der Waals surface area contributed by atoms with Crippen molar-refractivity contribution in [3.05, 3.63) is 20.3 Å². The lowest BCUT2D eigenvalue weighted by molar-refractivity contribution is 0.0789. The van der Waals surface area contributed by atoms with E-state index < -0.39 is 0 Å². The first kappa shape index (κ1) is 12.2. The average molecular weight is 287 g/mol. The summed E-state index contributed by atoms with van der Waals surface area (Å²) < 4.78 is 0.971. The smallest absolute Gasteiger partial charge is 0.264 e. The molecule has 0 aliphatic rings. The van der Waals surface area contributed by atoms with Crippen LogP contribution in [0.25, 0.3) is 0 Å². The Balaban J connectivity index is 2.88. The van der Waals surface area contributed by atoms with Crippen LogP contribution in [0.15, 0.2) is 9.85 Å². The highest BCUT2D eigenvalue weighted by Gasteiger charge is 2.16. The predicted molar refractivity (Wildman–Crippen MR) is 63.9 cm³/mol. The Morgan fingerprint density at radius 2 is 2.40 bits per heavy atom. The zero-order chi connectivity index (χ0) is 11.4. The maximum absolute atomic E-state index is 11.9. The molecule has 5 heteroatoms. The van der Waals surface area contributed by atoms with E-state index in [1.54, 1.807) is 0 Å². The number of aryl methyl sites for hydroxylation is 1. The van der Waals surface area contributed by atoms with Gasteiger partial charge in [-0.25, -0.2) is 0 Å². The monoisotopic (exact) mass is 286 g/mol. The van der Waals surface area contributed by atoms with Gasteiger partial charge in [0.2, 0.25) is 0 Å². The Kier molecular flexibility index (Phi) is 4.30. The summed E-state index contributed by atoms with van der Waals surface area (Å²) in [6, 6.07) is 3.83. The fraction of sp³-hybridized carbons (Fsp3) is 0.400. The van der Waals surface area contributed by atoms with Crippen molar-refractivity contribution in [1.82, 2.24) is 4.90 Å². The number of nitrogens with zero attached hydrogens (tertiary/aromatic N) is 2. The van der Waals surface area contributed by atoms with Gasteiger partial charge in [-0.2, -0.15) is 5.26 Å². The highest BCUT2D eigenvalue weighted by molar-refractivity contribution is 9.11. The van der Waals surface area contributed by atoms with Gasteiger partial charge in [0, 0.05) is 6.54 Å². The molecule has 3 nitrogen and oxygen atoms in total. The zero-order valence-corrected chi connectivity index (χ0v) is 11.0. The molecule has 1 aromatic rings. The van der Waals surface area contributed by atoms with Gasteiger partial charge in [-0.15, -0.1) is 11.3 Å². The molecule has 0 unspecified atom stereocenters. The van der Waals surface area contributed by atoms with Gasteiger partial charge in [0.25, 0.3) is 5.91 Å². The molecule has 0 aliphatic heterocycles. The lowest BCUT2D eigenvalue weighted by Gasteiger charge is -2.15. The average Bonchev–Trinajstić information content (AvgIpc) is 2.55. The van der Waals surface area contributed by atoms with Crippen LogP contribution in [0, 0.1) is 18.3 Å². The molecule has 1 amide bonds. The van der Waals surface area contributed by atoms with Crippen LogP contribution in [0.2, 0.25) is 0 Å². The van der Waals surface area contributed by atoms with E-state index in [1.807, 2.05) is 26.0 Å². The second-order valence-electron chi connectivity index (χ2n) is 3.04. The van der Waals surface area contributed by atoms with E-state index in [0.717, 1.165) is 9.35 Å². The van der Waals surface area contributed by atoms with Crippen molar-refractivity contribution in [3.8, 4) is 6.07 Å². The third-order valence-corrected chi connectivity index (χ3v) is 4.12. The van der Waals surface area contributed by atoms with Crippen molar-refractivity contribution < 1.29 is 4.79 Å². The van der Waals surface area contributed by atoms with Crippen LogP contribution in [0.1, 0.15) is 22.2 Å². The molecule has 0 fully saturated rings. The SMILES string of the molecule is CCN(CC#N)C(=O)c1cc(C)c(Br)s1. The predicted octanol–water partition coefficient (Wildman–Crippen LogP) is 2.80. The molecule has 1 rings (SSSR count). The number of halogens is 1. The first-order valence-electron chi connectivity index (χ1n) is 4.52. The second-order valence-corrected chi connectivity index (χ2v) is 5.41. The molecule has 0 aromatic carbocycles. The third kappa shape index (κ3) is 2.80. The van der Waals surface area contributed by atoms with Crippen LogP contribution in [-0.2, 0) is 0 Å². The second kappa shape index (κ2) is 5.29. The normalized spacial score (nSPS) is 9.73. The largest absolute Gasteiger partial charge is 0.325 e. The molecule has 0 atom stereocenters. The summed E-state index contributed by atoms with van der Waals surface area (Å²) >= 11 is 4.79. The van der Waals surface area contributed by atoms with Gasteiger partial charge < -0.3 is 4.90 Å². The van der Waals surface area contributed by atoms with Crippen LogP contribution in [-0.4, -0.2) is 23.9 Å². The fourth-order valence-electron chi connectivity index (χ4n) is 1.13. The number of nitriles is 1. The first-order valence-corrected chi connectivity index (χ1v) is 6.13. The van der Waals surface area contributed by atoms with E-state index in [0.29, 0.717) is 11.4 Å². The summed E-state index contributed by atoms with van der Waals surface area (Å²) in [6.07, 6.45) is 0. The van der Waals surface area contributed by atoms with E-state index in [1.165, 1.54) is 16.2 Å². The van der Waals surface area contributed by atoms with E-state index in [2.05, 4.69) is 15.9 Å². The van der Waals surface area contributed by atoms with Crippen molar-refractivity contribution >= 4 is 33.2 Å². The maximum Gasteiger partial charge on any atom is 0.264 e. The topological polar surface area (TPSA) is 44.1 Å². The minimum atomic E-state index is -0.0714. The number of hydrogen-bond acceptors (Lipinski definition) is 3. The third-order valence-electron chi connectivity index (χ3n) is 2.00. The van der Waals surface area contributed by atoms with Crippen LogP contribution < -0.4 is 0 Å². The summed E-state index contributed by atoms with van der Waals surface area (Å²) in [5.74, 6) is -0.0714. The van der Waals surface area contributed by atoms with Crippen LogP contribution >= 0.6 is 27.3 Å². The van der Waals surface area contributed by atoms with Gasteiger partial charge in [0.1, 0.15) is 6.54 Å². The molecule has 0 spiro atoms. The molecular weight excluding hydrogens is 276 g/mol. The molecule has 0 N–H and O–H groups in total. The molecule has 1 aromatic heterocycles. The highest BCUT2D eigenvalue weighted by Crippen LogP contribution is 2.28. The quantitative estimate of drug-likeness (QED) is 0.802. The van der Waals surface area contributed by atoms with E-state index in [-0.39, 0.29) is 12.5 Å². The Hall–Kier alpha value is -0.860. The summed E-state index contributed by atoms with van der Waals surface area (Å²) in [4.78, 5) is 14.1. The minimum absolute atomic E-state index is 0.0714. The molecule has 0 radical (unpaired) electrons. The van der Waals surface area contributed by atoms with Crippen LogP contribution in [0.5, 0.6) is 0 Å². The van der Waals surface area contributed by atoms with Gasteiger partial charge in [-0.3, -0.25) is 4.79 Å². The summed E-state index contributed by atoms with van der Waals surface area (Å²) in [7, 11) is 0. The van der Waals surface area contributed by atoms with Gasteiger partial charge in [-0.05, 0) is 41.4 Å². The molecular formula is C10H11BrN2OS. The van der Waals surface area contributed by atoms with Crippen molar-refractivity contribution in [1.29, 1.82) is 5.26 Å². The number of rotatable bonds is 3. The first-order chi connectivity index (χ1) is 7.10. The van der Waals surface area contributed by atoms with Crippen molar-refractivity contribution in [2.24, 2.45) is 0 Å². The lowest BCUT2D eigenvalue weighted by atomic mass is 10.3. The molecule has 1 heterocycles. The molecule has 0 saturated carbocycles. The molecule has 80 valence electrons. The van der Waals surface area contributed by atoms with E-state index >= 15 is 0 Å². The summed E-state index contributed by atoms with van der Waals surface area (Å²) in [5.41, 5.74) is 1.05. The highest BCUT2D eigenvalue weighted by atomic mass is 79.9. The summed E-state index contributed by atoms with van der Waals surface area (Å²) in [5, 5.41) is 8.57. The van der Waals surface area contributed by atoms with Gasteiger partial charge in [0.05, 0.1) is 14.7 Å². The van der Waals surface area contributed by atoms with Crippen LogP contribution in [0.3, 0.4) is 0 Å². The maximum atomic E-state index is 11.9. The Morgan fingerprint density at radius 3 is 2.80 bits per heavy atom. The zero-order valence-electron chi connectivity index (χ0n) is 8.58. The lowest BCUT2D eigenvalue weighted by Crippen LogP contribution is -2.30. The fourth-order valence-corrected chi connectivity index (χ4v) is 2.64. The standard InChI is InChI=1S/C10H11BrN2OS/c1-3-13(5-4-12)10(14)8-6-7(2)9(11)15-8/h6H,3,5H2,1-2H3. The minimum Gasteiger partial charge on any atom is -0.325 e. The van der Waals surface area contributed by atoms with E-state index in [4.69, 9.17) is 5.26 Å². The Morgan fingerprint density at radius 1 is 1.73 bits per heavy atom. The Labute approximate surface area is 101 Å². The molecule has 15 heavy (non-hydrogen) atoms. The molecule has 0 saturated heterocycles. The van der Waals surface area contributed by atoms with Crippen molar-refractivity contribution in [2.45, 2.75) is 13.8 Å². The molecule has 0 bridgehead atoms. The number of carbonyl (C=O) groups excluding carboxylic acids is 1. The van der Waals surface area contributed by atoms with Crippen molar-refractivity contribution in [3.63, 3.8) is 0 Å². The van der Waals surface area contributed by atoms with E-state index in [9.17, 15) is 4.79 Å². The summed E-state index contributed by atoms with van der Waals surface area (Å²) in [6.45, 7) is 4.51. The van der Waals surface area contributed by atoms with Crippen LogP contribution in [0.4, 0.5) is 0 Å². The van der Waals surface area contributed by atoms with Gasteiger partial charge in [0.15, 0.2) is 0 Å². The van der Waals surface area contributed by atoms with Crippen molar-refractivity contribution in [2.75, 3.05) is 13.1 Å². The number of thiophene rings is 1. The molecule has 0 aliphatic carbocycles. The Bertz CT molecular complexity index is 389. The number of carbonyl (C=O) groups is 1. The number of amides is 1. The van der Waals surface area contributed by atoms with Gasteiger partial charge in [-0.1, -0.05) is 0 Å².